The minimum atomic E-state index is -0.427. The lowest BCUT2D eigenvalue weighted by Gasteiger charge is -2.28. The molecule has 2 aromatic carbocycles. The van der Waals surface area contributed by atoms with E-state index >= 15 is 0 Å². The van der Waals surface area contributed by atoms with Gasteiger partial charge in [-0.2, -0.15) is 5.10 Å². The molecule has 0 fully saturated rings. The van der Waals surface area contributed by atoms with E-state index in [1.54, 1.807) is 34.4 Å². The largest absolute Gasteiger partial charge is 0.497 e. The van der Waals surface area contributed by atoms with Crippen molar-refractivity contribution >= 4 is 17.6 Å². The lowest BCUT2D eigenvalue weighted by molar-refractivity contribution is -0.133. The number of carbonyl (C=O) groups is 2. The maximum atomic E-state index is 13.4. The van der Waals surface area contributed by atoms with E-state index in [4.69, 9.17) is 19.3 Å². The van der Waals surface area contributed by atoms with Gasteiger partial charge in [0.15, 0.2) is 0 Å². The van der Waals surface area contributed by atoms with Gasteiger partial charge in [0.25, 0.3) is 5.91 Å². The fraction of sp³-hybridized carbons (Fsp3) is 0.423. The molecule has 0 spiro atoms. The summed E-state index contributed by atoms with van der Waals surface area (Å²) in [5.74, 6) is 1.69. The van der Waals surface area contributed by atoms with Gasteiger partial charge < -0.3 is 24.4 Å². The number of nitrogens with one attached hydrogen (secondary N) is 1. The maximum Gasteiger partial charge on any atom is 0.318 e. The summed E-state index contributed by atoms with van der Waals surface area (Å²) in [4.78, 5) is 27.4. The molecular formula is C26H34N4O5. The molecule has 1 N–H and O–H groups in total. The Balaban J connectivity index is 1.94. The van der Waals surface area contributed by atoms with Crippen LogP contribution < -0.4 is 19.5 Å². The summed E-state index contributed by atoms with van der Waals surface area (Å²) in [6, 6.07) is 12.2. The number of hydrogen-bond acceptors (Lipinski definition) is 6. The number of likely N-dealkylation sites (N-methyl/N-ethyl adjacent to an activating group) is 1. The molecule has 0 aliphatic carbocycles. The van der Waals surface area contributed by atoms with Crippen molar-refractivity contribution in [2.75, 3.05) is 34.9 Å². The van der Waals surface area contributed by atoms with E-state index in [1.165, 1.54) is 9.91 Å². The standard InChI is InChI=1S/C26H34N4O5/c1-26(2,3)27-25(32)29(4)16-24(31)30-22(20-14-19(34-6)12-13-23(20)35-7)15-21(28-30)17-8-10-18(33-5)11-9-17/h8-14,22H,15-16H2,1-7H3,(H,27,32). The van der Waals surface area contributed by atoms with Gasteiger partial charge in [0, 0.05) is 24.6 Å². The number of methoxy groups -OCH3 is 3. The number of carbonyl (C=O) groups excluding carboxylic acids is 2. The molecule has 3 amide bonds. The Labute approximate surface area is 206 Å². The van der Waals surface area contributed by atoms with E-state index in [2.05, 4.69) is 5.32 Å². The van der Waals surface area contributed by atoms with Gasteiger partial charge >= 0.3 is 6.03 Å². The number of benzene rings is 2. The summed E-state index contributed by atoms with van der Waals surface area (Å²) in [5, 5.41) is 9.01. The molecule has 0 radical (unpaired) electrons. The summed E-state index contributed by atoms with van der Waals surface area (Å²) in [6.45, 7) is 5.52. The van der Waals surface area contributed by atoms with Gasteiger partial charge in [0.2, 0.25) is 0 Å². The smallest absolute Gasteiger partial charge is 0.318 e. The topological polar surface area (TPSA) is 92.7 Å². The Hall–Kier alpha value is -3.75. The molecule has 35 heavy (non-hydrogen) atoms. The predicted octanol–water partition coefficient (Wildman–Crippen LogP) is 3.83. The Morgan fingerprint density at radius 2 is 1.66 bits per heavy atom. The van der Waals surface area contributed by atoms with Crippen molar-refractivity contribution in [1.82, 2.24) is 15.2 Å². The van der Waals surface area contributed by atoms with Gasteiger partial charge in [-0.3, -0.25) is 4.79 Å². The Morgan fingerprint density at radius 1 is 1.03 bits per heavy atom. The van der Waals surface area contributed by atoms with Gasteiger partial charge in [0.05, 0.1) is 33.1 Å². The molecule has 0 saturated carbocycles. The minimum absolute atomic E-state index is 0.135. The third-order valence-electron chi connectivity index (χ3n) is 5.59. The van der Waals surface area contributed by atoms with Crippen molar-refractivity contribution in [2.45, 2.75) is 38.8 Å². The monoisotopic (exact) mass is 482 g/mol. The molecule has 0 aromatic heterocycles. The molecular weight excluding hydrogens is 448 g/mol. The number of amides is 3. The predicted molar refractivity (Wildman–Crippen MR) is 134 cm³/mol. The number of hydrogen-bond donors (Lipinski definition) is 1. The molecule has 0 saturated heterocycles. The van der Waals surface area contributed by atoms with Crippen LogP contribution in [0, 0.1) is 0 Å². The van der Waals surface area contributed by atoms with Crippen molar-refractivity contribution < 1.29 is 23.8 Å². The van der Waals surface area contributed by atoms with Crippen LogP contribution in [-0.2, 0) is 4.79 Å². The Kier molecular flexibility index (Phi) is 7.89. The normalized spacial score (nSPS) is 15.3. The second-order valence-electron chi connectivity index (χ2n) is 9.38. The second-order valence-corrected chi connectivity index (χ2v) is 9.38. The quantitative estimate of drug-likeness (QED) is 0.648. The van der Waals surface area contributed by atoms with E-state index in [0.717, 1.165) is 22.6 Å². The summed E-state index contributed by atoms with van der Waals surface area (Å²) in [5.41, 5.74) is 1.98. The van der Waals surface area contributed by atoms with Crippen LogP contribution >= 0.6 is 0 Å². The summed E-state index contributed by atoms with van der Waals surface area (Å²) >= 11 is 0. The van der Waals surface area contributed by atoms with Crippen LogP contribution in [-0.4, -0.2) is 68.0 Å². The zero-order valence-corrected chi connectivity index (χ0v) is 21.4. The zero-order chi connectivity index (χ0) is 25.8. The molecule has 1 heterocycles. The minimum Gasteiger partial charge on any atom is -0.497 e. The van der Waals surface area contributed by atoms with Gasteiger partial charge in [-0.25, -0.2) is 9.80 Å². The van der Waals surface area contributed by atoms with E-state index in [0.29, 0.717) is 17.9 Å². The van der Waals surface area contributed by atoms with Crippen molar-refractivity contribution in [3.05, 3.63) is 53.6 Å². The number of rotatable bonds is 7. The van der Waals surface area contributed by atoms with Gasteiger partial charge in [-0.15, -0.1) is 0 Å². The molecule has 1 aliphatic rings. The van der Waals surface area contributed by atoms with Crippen LogP contribution in [0.4, 0.5) is 4.79 Å². The third-order valence-corrected chi connectivity index (χ3v) is 5.59. The molecule has 1 unspecified atom stereocenters. The van der Waals surface area contributed by atoms with E-state index < -0.39 is 11.6 Å². The lowest BCUT2D eigenvalue weighted by Crippen LogP contribution is -2.49. The first kappa shape index (κ1) is 25.9. The lowest BCUT2D eigenvalue weighted by atomic mass is 9.97. The first-order valence-corrected chi connectivity index (χ1v) is 11.4. The SMILES string of the molecule is COc1ccc(C2=NN(C(=O)CN(C)C(=O)NC(C)(C)C)C(c3cc(OC)ccc3OC)C2)cc1. The van der Waals surface area contributed by atoms with Crippen LogP contribution in [0.3, 0.4) is 0 Å². The number of ether oxygens (including phenoxy) is 3. The maximum absolute atomic E-state index is 13.4. The summed E-state index contributed by atoms with van der Waals surface area (Å²) < 4.78 is 16.3. The van der Waals surface area contributed by atoms with Crippen LogP contribution in [0.25, 0.3) is 0 Å². The Bertz CT molecular complexity index is 1090. The first-order valence-electron chi connectivity index (χ1n) is 11.4. The van der Waals surface area contributed by atoms with Crippen LogP contribution in [0.1, 0.15) is 44.4 Å². The first-order chi connectivity index (χ1) is 16.6. The van der Waals surface area contributed by atoms with Gasteiger partial charge in [-0.1, -0.05) is 0 Å². The number of urea groups is 1. The summed E-state index contributed by atoms with van der Waals surface area (Å²) in [6.07, 6.45) is 0.472. The van der Waals surface area contributed by atoms with Crippen molar-refractivity contribution in [2.24, 2.45) is 5.10 Å². The molecule has 188 valence electrons. The highest BCUT2D eigenvalue weighted by molar-refractivity contribution is 6.03. The summed E-state index contributed by atoms with van der Waals surface area (Å²) in [7, 11) is 6.37. The number of nitrogens with zero attached hydrogens (tertiary/aromatic N) is 3. The van der Waals surface area contributed by atoms with Crippen LogP contribution in [0.5, 0.6) is 17.2 Å². The average molecular weight is 483 g/mol. The van der Waals surface area contributed by atoms with Crippen molar-refractivity contribution in [3.63, 3.8) is 0 Å². The molecule has 1 aliphatic heterocycles. The molecule has 1 atom stereocenters. The highest BCUT2D eigenvalue weighted by atomic mass is 16.5. The Morgan fingerprint density at radius 3 is 2.23 bits per heavy atom. The van der Waals surface area contributed by atoms with Crippen LogP contribution in [0.15, 0.2) is 47.6 Å². The van der Waals surface area contributed by atoms with Crippen LogP contribution in [0.2, 0.25) is 0 Å². The van der Waals surface area contributed by atoms with Crippen molar-refractivity contribution in [3.8, 4) is 17.2 Å². The van der Waals surface area contributed by atoms with Gasteiger partial charge in [0.1, 0.15) is 23.8 Å². The fourth-order valence-electron chi connectivity index (χ4n) is 3.80. The van der Waals surface area contributed by atoms with E-state index in [-0.39, 0.29) is 18.5 Å². The highest BCUT2D eigenvalue weighted by Crippen LogP contribution is 2.39. The third kappa shape index (κ3) is 6.23. The molecule has 3 rings (SSSR count). The van der Waals surface area contributed by atoms with Crippen molar-refractivity contribution in [1.29, 1.82) is 0 Å². The highest BCUT2D eigenvalue weighted by Gasteiger charge is 2.36. The molecule has 2 aromatic rings. The molecule has 9 nitrogen and oxygen atoms in total. The molecule has 9 heteroatoms. The number of hydrazone groups is 1. The van der Waals surface area contributed by atoms with Gasteiger partial charge in [-0.05, 0) is 68.8 Å². The second kappa shape index (κ2) is 10.7. The van der Waals surface area contributed by atoms with E-state index in [9.17, 15) is 9.59 Å². The zero-order valence-electron chi connectivity index (χ0n) is 21.4. The fourth-order valence-corrected chi connectivity index (χ4v) is 3.80. The van der Waals surface area contributed by atoms with E-state index in [1.807, 2.05) is 57.2 Å². The average Bonchev–Trinajstić information content (AvgIpc) is 3.28. The molecule has 0 bridgehead atoms.